The fourth-order valence-electron chi connectivity index (χ4n) is 0.827. The van der Waals surface area contributed by atoms with Crippen LogP contribution < -0.4 is 0 Å². The van der Waals surface area contributed by atoms with E-state index < -0.39 is 48.2 Å². The van der Waals surface area contributed by atoms with Crippen LogP contribution in [0.3, 0.4) is 0 Å². The molecule has 0 unspecified atom stereocenters. The van der Waals surface area contributed by atoms with Crippen molar-refractivity contribution in [2.75, 3.05) is 5.75 Å². The van der Waals surface area contributed by atoms with E-state index in [1.165, 1.54) is 0 Å². The normalized spacial score (nSPS) is 19.1. The van der Waals surface area contributed by atoms with Gasteiger partial charge in [0, 0.05) is 6.42 Å². The van der Waals surface area contributed by atoms with Crippen LogP contribution in [0.5, 0.6) is 0 Å². The van der Waals surface area contributed by atoms with Crippen molar-refractivity contribution in [1.82, 2.24) is 0 Å². The summed E-state index contributed by atoms with van der Waals surface area (Å²) in [7, 11) is -7.99. The molecule has 3 atom stereocenters. The van der Waals surface area contributed by atoms with Gasteiger partial charge in [0.25, 0.3) is 0 Å². The largest absolute Gasteiger partial charge is 0.377 e. The van der Waals surface area contributed by atoms with Crippen molar-refractivity contribution in [3.63, 3.8) is 0 Å². The molecular weight excluding hydrogens is 260 g/mol. The van der Waals surface area contributed by atoms with Gasteiger partial charge in [-0.25, -0.2) is 16.8 Å². The number of rotatable bonds is 6. The van der Waals surface area contributed by atoms with Crippen molar-refractivity contribution in [3.05, 3.63) is 0 Å². The Labute approximate surface area is 94.6 Å². The zero-order chi connectivity index (χ0) is 13.1. The summed E-state index contributed by atoms with van der Waals surface area (Å²) in [5, 5.41) is 26.9. The quantitative estimate of drug-likeness (QED) is 0.522. The van der Waals surface area contributed by atoms with Gasteiger partial charge >= 0.3 is 0 Å². The summed E-state index contributed by atoms with van der Waals surface area (Å²) in [5.74, 6) is -0.669. The molecular formula is C7H16O7S2. The van der Waals surface area contributed by atoms with Crippen LogP contribution in [0.1, 0.15) is 20.3 Å². The summed E-state index contributed by atoms with van der Waals surface area (Å²) in [6.07, 6.45) is -0.583. The van der Waals surface area contributed by atoms with Crippen molar-refractivity contribution in [1.29, 1.82) is 0 Å². The molecule has 0 saturated carbocycles. The molecule has 0 aromatic rings. The molecule has 0 aliphatic heterocycles. The topological polar surface area (TPSA) is 129 Å². The maximum atomic E-state index is 11.2. The average Bonchev–Trinajstić information content (AvgIpc) is 2.13. The predicted octanol–water partition coefficient (Wildman–Crippen LogP) is -1.80. The van der Waals surface area contributed by atoms with Crippen LogP contribution in [-0.2, 0) is 19.7 Å². The Kier molecular flexibility index (Phi) is 5.33. The molecule has 0 saturated heterocycles. The molecule has 16 heavy (non-hydrogen) atoms. The van der Waals surface area contributed by atoms with Crippen LogP contribution in [0.4, 0.5) is 0 Å². The summed E-state index contributed by atoms with van der Waals surface area (Å²) in [5.41, 5.74) is -5.34. The zero-order valence-electron chi connectivity index (χ0n) is 8.94. The molecule has 0 rings (SSSR count). The maximum absolute atomic E-state index is 11.2. The van der Waals surface area contributed by atoms with Crippen LogP contribution in [0.15, 0.2) is 0 Å². The minimum absolute atomic E-state index is 0.583. The van der Waals surface area contributed by atoms with E-state index in [0.29, 0.717) is 0 Å². The number of aliphatic hydroxyl groups is 3. The van der Waals surface area contributed by atoms with Gasteiger partial charge in [-0.15, -0.1) is 0 Å². The molecule has 0 amide bonds. The zero-order valence-corrected chi connectivity index (χ0v) is 10.6. The highest BCUT2D eigenvalue weighted by molar-refractivity contribution is 7.93. The fraction of sp³-hybridized carbons (Fsp3) is 1.00. The molecule has 9 heteroatoms. The summed E-state index contributed by atoms with van der Waals surface area (Å²) < 4.78 is 44.5. The van der Waals surface area contributed by atoms with E-state index in [0.717, 1.165) is 13.8 Å². The molecule has 0 aliphatic carbocycles. The maximum Gasteiger partial charge on any atom is 0.203 e. The smallest absolute Gasteiger partial charge is 0.203 e. The predicted molar refractivity (Wildman–Crippen MR) is 56.7 cm³/mol. The van der Waals surface area contributed by atoms with E-state index in [2.05, 4.69) is 0 Å². The first kappa shape index (κ1) is 15.8. The number of sulfone groups is 2. The molecule has 0 bridgehead atoms. The lowest BCUT2D eigenvalue weighted by Gasteiger charge is -2.14. The third kappa shape index (κ3) is 3.98. The number of hydrogen-bond donors (Lipinski definition) is 3. The molecule has 0 fully saturated rings. The van der Waals surface area contributed by atoms with Gasteiger partial charge in [-0.05, 0) is 13.8 Å². The van der Waals surface area contributed by atoms with E-state index in [9.17, 15) is 21.9 Å². The van der Waals surface area contributed by atoms with Gasteiger partial charge in [0.1, 0.15) is 0 Å². The third-order valence-electron chi connectivity index (χ3n) is 2.02. The average molecular weight is 276 g/mol. The Morgan fingerprint density at radius 2 is 1.38 bits per heavy atom. The Hall–Kier alpha value is -0.220. The van der Waals surface area contributed by atoms with Gasteiger partial charge in [-0.1, -0.05) is 0 Å². The lowest BCUT2D eigenvalue weighted by atomic mass is 10.5. The Morgan fingerprint density at radius 1 is 0.938 bits per heavy atom. The molecule has 0 aliphatic rings. The molecule has 0 spiro atoms. The summed E-state index contributed by atoms with van der Waals surface area (Å²) in [6, 6.07) is 0. The summed E-state index contributed by atoms with van der Waals surface area (Å²) >= 11 is 0. The molecule has 98 valence electrons. The second-order valence-corrected chi connectivity index (χ2v) is 8.22. The highest BCUT2D eigenvalue weighted by atomic mass is 32.2. The van der Waals surface area contributed by atoms with Crippen LogP contribution in [0.25, 0.3) is 0 Å². The van der Waals surface area contributed by atoms with E-state index in [-0.39, 0.29) is 0 Å². The second-order valence-electron chi connectivity index (χ2n) is 3.40. The Balaban J connectivity index is 4.58. The molecule has 0 radical (unpaired) electrons. The van der Waals surface area contributed by atoms with E-state index in [1.807, 2.05) is 0 Å². The highest BCUT2D eigenvalue weighted by Crippen LogP contribution is 2.11. The highest BCUT2D eigenvalue weighted by Gasteiger charge is 2.30. The van der Waals surface area contributed by atoms with Crippen LogP contribution in [-0.4, -0.2) is 54.2 Å². The molecule has 7 nitrogen and oxygen atoms in total. The van der Waals surface area contributed by atoms with Crippen molar-refractivity contribution < 1.29 is 32.2 Å². The molecule has 0 heterocycles. The summed E-state index contributed by atoms with van der Waals surface area (Å²) in [6.45, 7) is 1.99. The monoisotopic (exact) mass is 276 g/mol. The SMILES string of the molecule is C[C@H](O)S(=O)(=O)CC[C@H](O)S(=O)(=O)[C@H](C)O. The van der Waals surface area contributed by atoms with Crippen LogP contribution >= 0.6 is 0 Å². The van der Waals surface area contributed by atoms with E-state index >= 15 is 0 Å². The lowest BCUT2D eigenvalue weighted by Crippen LogP contribution is -2.32. The van der Waals surface area contributed by atoms with E-state index in [4.69, 9.17) is 10.2 Å². The van der Waals surface area contributed by atoms with Gasteiger partial charge in [0.2, 0.25) is 9.84 Å². The minimum atomic E-state index is -4.16. The second kappa shape index (κ2) is 5.41. The minimum Gasteiger partial charge on any atom is -0.377 e. The number of aliphatic hydroxyl groups excluding tert-OH is 3. The fourth-order valence-corrected chi connectivity index (χ4v) is 2.77. The van der Waals surface area contributed by atoms with E-state index in [1.54, 1.807) is 0 Å². The summed E-state index contributed by atoms with van der Waals surface area (Å²) in [4.78, 5) is 0. The van der Waals surface area contributed by atoms with Gasteiger partial charge in [0.15, 0.2) is 26.1 Å². The van der Waals surface area contributed by atoms with Crippen molar-refractivity contribution in [3.8, 4) is 0 Å². The Bertz CT molecular complexity index is 406. The van der Waals surface area contributed by atoms with Crippen LogP contribution in [0.2, 0.25) is 0 Å². The molecule has 0 aromatic heterocycles. The van der Waals surface area contributed by atoms with Crippen LogP contribution in [0, 0.1) is 0 Å². The first-order chi connectivity index (χ1) is 7.01. The van der Waals surface area contributed by atoms with Gasteiger partial charge in [-0.2, -0.15) is 0 Å². The number of hydrogen-bond acceptors (Lipinski definition) is 7. The molecule has 3 N–H and O–H groups in total. The van der Waals surface area contributed by atoms with Gasteiger partial charge < -0.3 is 15.3 Å². The van der Waals surface area contributed by atoms with Crippen molar-refractivity contribution in [2.45, 2.75) is 36.6 Å². The first-order valence-electron chi connectivity index (χ1n) is 4.50. The van der Waals surface area contributed by atoms with Gasteiger partial charge in [-0.3, -0.25) is 0 Å². The van der Waals surface area contributed by atoms with Crippen molar-refractivity contribution in [2.24, 2.45) is 0 Å². The first-order valence-corrected chi connectivity index (χ1v) is 7.82. The Morgan fingerprint density at radius 3 is 1.69 bits per heavy atom. The van der Waals surface area contributed by atoms with Crippen molar-refractivity contribution >= 4 is 19.7 Å². The van der Waals surface area contributed by atoms with Gasteiger partial charge in [0.05, 0.1) is 5.75 Å². The third-order valence-corrected chi connectivity index (χ3v) is 5.81. The standard InChI is InChI=1S/C7H16O7S2/c1-5(8)15(11,12)4-3-7(10)16(13,14)6(2)9/h5-10H,3-4H2,1-2H3/t5-,6-,7-/m1/s1. The molecule has 0 aromatic carbocycles. The lowest BCUT2D eigenvalue weighted by molar-refractivity contribution is 0.216.